The fourth-order valence-corrected chi connectivity index (χ4v) is 2.41. The van der Waals surface area contributed by atoms with Gasteiger partial charge in [0.1, 0.15) is 5.82 Å². The Balaban J connectivity index is 1.79. The molecule has 0 saturated heterocycles. The summed E-state index contributed by atoms with van der Waals surface area (Å²) in [4.78, 5) is 0. The Kier molecular flexibility index (Phi) is 5.74. The average molecular weight is 336 g/mol. The molecule has 0 aromatic heterocycles. The summed E-state index contributed by atoms with van der Waals surface area (Å²) in [7, 11) is 0. The minimum absolute atomic E-state index is 0.165. The molecule has 20 heavy (non-hydrogen) atoms. The topological polar surface area (TPSA) is 12.0 Å². The molecule has 106 valence electrons. The first-order valence-electron chi connectivity index (χ1n) is 6.86. The standard InChI is InChI=1S/C17H19BrFN/c1-13(7-8-14-5-3-2-4-6-14)20-12-15-9-10-16(18)11-17(15)19/h2-6,9-11,13,20H,7-8,12H2,1H3. The van der Waals surface area contributed by atoms with Gasteiger partial charge in [-0.15, -0.1) is 0 Å². The van der Waals surface area contributed by atoms with E-state index in [0.29, 0.717) is 18.2 Å². The Bertz CT molecular complexity index is 542. The monoisotopic (exact) mass is 335 g/mol. The van der Waals surface area contributed by atoms with Crippen molar-refractivity contribution < 1.29 is 4.39 Å². The largest absolute Gasteiger partial charge is 0.310 e. The van der Waals surface area contributed by atoms with Gasteiger partial charge in [-0.25, -0.2) is 4.39 Å². The molecule has 0 spiro atoms. The zero-order valence-electron chi connectivity index (χ0n) is 11.6. The van der Waals surface area contributed by atoms with E-state index in [4.69, 9.17) is 0 Å². The van der Waals surface area contributed by atoms with E-state index < -0.39 is 0 Å². The van der Waals surface area contributed by atoms with E-state index >= 15 is 0 Å². The molecule has 0 heterocycles. The molecule has 1 nitrogen and oxygen atoms in total. The van der Waals surface area contributed by atoms with Gasteiger partial charge in [0.05, 0.1) is 0 Å². The maximum Gasteiger partial charge on any atom is 0.128 e. The van der Waals surface area contributed by atoms with Gasteiger partial charge >= 0.3 is 0 Å². The Hall–Kier alpha value is -1.19. The Morgan fingerprint density at radius 1 is 1.15 bits per heavy atom. The maximum absolute atomic E-state index is 13.7. The van der Waals surface area contributed by atoms with E-state index in [1.807, 2.05) is 18.2 Å². The molecule has 2 aromatic rings. The molecule has 3 heteroatoms. The van der Waals surface area contributed by atoms with Crippen molar-refractivity contribution in [1.29, 1.82) is 0 Å². The molecule has 0 fully saturated rings. The van der Waals surface area contributed by atoms with Gasteiger partial charge < -0.3 is 5.32 Å². The molecule has 1 atom stereocenters. The van der Waals surface area contributed by atoms with E-state index in [1.165, 1.54) is 11.6 Å². The Morgan fingerprint density at radius 3 is 2.60 bits per heavy atom. The summed E-state index contributed by atoms with van der Waals surface area (Å²) < 4.78 is 14.5. The fraction of sp³-hybridized carbons (Fsp3) is 0.294. The lowest BCUT2D eigenvalue weighted by Gasteiger charge is -2.14. The summed E-state index contributed by atoms with van der Waals surface area (Å²) in [6.45, 7) is 2.70. The van der Waals surface area contributed by atoms with Crippen LogP contribution in [-0.4, -0.2) is 6.04 Å². The van der Waals surface area contributed by atoms with Gasteiger partial charge in [-0.05, 0) is 37.5 Å². The number of benzene rings is 2. The first kappa shape index (κ1) is 15.2. The lowest BCUT2D eigenvalue weighted by atomic mass is 10.1. The highest BCUT2D eigenvalue weighted by atomic mass is 79.9. The predicted octanol–water partition coefficient (Wildman–Crippen LogP) is 4.70. The fourth-order valence-electron chi connectivity index (χ4n) is 2.08. The van der Waals surface area contributed by atoms with Gasteiger partial charge in [0.2, 0.25) is 0 Å². The van der Waals surface area contributed by atoms with Crippen LogP contribution in [0, 0.1) is 5.82 Å². The number of aryl methyl sites for hydroxylation is 1. The first-order valence-corrected chi connectivity index (χ1v) is 7.65. The molecule has 2 aromatic carbocycles. The molecular formula is C17H19BrFN. The highest BCUT2D eigenvalue weighted by molar-refractivity contribution is 9.10. The van der Waals surface area contributed by atoms with Crippen LogP contribution in [0.15, 0.2) is 53.0 Å². The van der Waals surface area contributed by atoms with E-state index in [9.17, 15) is 4.39 Å². The Labute approximate surface area is 128 Å². The van der Waals surface area contributed by atoms with Crippen LogP contribution < -0.4 is 5.32 Å². The SMILES string of the molecule is CC(CCc1ccccc1)NCc1ccc(Br)cc1F. The lowest BCUT2D eigenvalue weighted by molar-refractivity contribution is 0.501. The molecular weight excluding hydrogens is 317 g/mol. The highest BCUT2D eigenvalue weighted by Crippen LogP contribution is 2.15. The number of rotatable bonds is 6. The van der Waals surface area contributed by atoms with Crippen LogP contribution in [0.2, 0.25) is 0 Å². The van der Waals surface area contributed by atoms with Crippen LogP contribution in [0.1, 0.15) is 24.5 Å². The van der Waals surface area contributed by atoms with Crippen molar-refractivity contribution in [1.82, 2.24) is 5.32 Å². The van der Waals surface area contributed by atoms with Crippen molar-refractivity contribution in [2.45, 2.75) is 32.4 Å². The number of halogens is 2. The lowest BCUT2D eigenvalue weighted by Crippen LogP contribution is -2.26. The number of hydrogen-bond acceptors (Lipinski definition) is 1. The first-order chi connectivity index (χ1) is 9.65. The molecule has 1 unspecified atom stereocenters. The van der Waals surface area contributed by atoms with Crippen molar-refractivity contribution in [3.8, 4) is 0 Å². The number of nitrogens with one attached hydrogen (secondary N) is 1. The second-order valence-corrected chi connectivity index (χ2v) is 5.96. The second kappa shape index (κ2) is 7.55. The van der Waals surface area contributed by atoms with Crippen LogP contribution in [0.5, 0.6) is 0 Å². The van der Waals surface area contributed by atoms with Gasteiger partial charge in [-0.3, -0.25) is 0 Å². The molecule has 0 amide bonds. The van der Waals surface area contributed by atoms with Crippen LogP contribution in [0.25, 0.3) is 0 Å². The van der Waals surface area contributed by atoms with Crippen molar-refractivity contribution >= 4 is 15.9 Å². The minimum atomic E-state index is -0.165. The van der Waals surface area contributed by atoms with E-state index in [1.54, 1.807) is 0 Å². The third kappa shape index (κ3) is 4.73. The normalized spacial score (nSPS) is 12.3. The van der Waals surface area contributed by atoms with Gasteiger partial charge in [0.25, 0.3) is 0 Å². The van der Waals surface area contributed by atoms with Crippen LogP contribution in [-0.2, 0) is 13.0 Å². The van der Waals surface area contributed by atoms with Gasteiger partial charge in [0.15, 0.2) is 0 Å². The summed E-state index contributed by atoms with van der Waals surface area (Å²) in [5.74, 6) is -0.165. The van der Waals surface area contributed by atoms with Crippen molar-refractivity contribution in [3.05, 3.63) is 69.9 Å². The predicted molar refractivity (Wildman–Crippen MR) is 85.2 cm³/mol. The molecule has 0 aliphatic rings. The number of hydrogen-bond donors (Lipinski definition) is 1. The van der Waals surface area contributed by atoms with E-state index in [-0.39, 0.29) is 5.82 Å². The zero-order valence-corrected chi connectivity index (χ0v) is 13.2. The molecule has 2 rings (SSSR count). The summed E-state index contributed by atoms with van der Waals surface area (Å²) in [5.41, 5.74) is 2.05. The van der Waals surface area contributed by atoms with E-state index in [2.05, 4.69) is 52.4 Å². The van der Waals surface area contributed by atoms with Gasteiger partial charge in [-0.1, -0.05) is 52.3 Å². The maximum atomic E-state index is 13.7. The van der Waals surface area contributed by atoms with Crippen LogP contribution in [0.3, 0.4) is 0 Å². The molecule has 0 aliphatic heterocycles. The molecule has 1 N–H and O–H groups in total. The van der Waals surface area contributed by atoms with Crippen molar-refractivity contribution in [3.63, 3.8) is 0 Å². The van der Waals surface area contributed by atoms with Crippen molar-refractivity contribution in [2.75, 3.05) is 0 Å². The summed E-state index contributed by atoms with van der Waals surface area (Å²) in [5, 5.41) is 3.37. The van der Waals surface area contributed by atoms with Crippen LogP contribution in [0.4, 0.5) is 4.39 Å². The zero-order chi connectivity index (χ0) is 14.4. The summed E-state index contributed by atoms with van der Waals surface area (Å²) >= 11 is 3.27. The molecule has 0 aliphatic carbocycles. The molecule has 0 radical (unpaired) electrons. The quantitative estimate of drug-likeness (QED) is 0.806. The van der Waals surface area contributed by atoms with E-state index in [0.717, 1.165) is 17.3 Å². The second-order valence-electron chi connectivity index (χ2n) is 5.04. The van der Waals surface area contributed by atoms with Crippen LogP contribution >= 0.6 is 15.9 Å². The Morgan fingerprint density at radius 2 is 1.90 bits per heavy atom. The van der Waals surface area contributed by atoms with Gasteiger partial charge in [-0.2, -0.15) is 0 Å². The molecule has 0 bridgehead atoms. The minimum Gasteiger partial charge on any atom is -0.310 e. The third-order valence-electron chi connectivity index (χ3n) is 3.36. The smallest absolute Gasteiger partial charge is 0.128 e. The molecule has 0 saturated carbocycles. The van der Waals surface area contributed by atoms with Crippen molar-refractivity contribution in [2.24, 2.45) is 0 Å². The van der Waals surface area contributed by atoms with Gasteiger partial charge in [0, 0.05) is 22.6 Å². The highest BCUT2D eigenvalue weighted by Gasteiger charge is 2.06. The summed E-state index contributed by atoms with van der Waals surface area (Å²) in [6.07, 6.45) is 2.08. The average Bonchev–Trinajstić information content (AvgIpc) is 2.45. The summed E-state index contributed by atoms with van der Waals surface area (Å²) in [6, 6.07) is 16.0. The third-order valence-corrected chi connectivity index (χ3v) is 3.86.